The lowest BCUT2D eigenvalue weighted by molar-refractivity contribution is -0.132. The molecule has 1 saturated carbocycles. The Morgan fingerprint density at radius 2 is 2.20 bits per heavy atom. The van der Waals surface area contributed by atoms with Gasteiger partial charge in [0.2, 0.25) is 5.91 Å². The van der Waals surface area contributed by atoms with Crippen molar-refractivity contribution in [3.8, 4) is 11.8 Å². The minimum Gasteiger partial charge on any atom is -0.384 e. The Morgan fingerprint density at radius 3 is 2.90 bits per heavy atom. The number of hydrogen-bond acceptors (Lipinski definition) is 3. The highest BCUT2D eigenvalue weighted by Crippen LogP contribution is 2.35. The van der Waals surface area contributed by atoms with Crippen molar-refractivity contribution in [1.29, 1.82) is 0 Å². The number of carbonyl (C=O) groups is 1. The van der Waals surface area contributed by atoms with E-state index in [1.54, 1.807) is 11.3 Å². The van der Waals surface area contributed by atoms with E-state index in [0.717, 1.165) is 36.1 Å². The van der Waals surface area contributed by atoms with Crippen LogP contribution in [0, 0.1) is 17.3 Å². The predicted molar refractivity (Wildman–Crippen MR) is 81.3 cm³/mol. The molecule has 1 aromatic heterocycles. The van der Waals surface area contributed by atoms with E-state index in [-0.39, 0.29) is 17.9 Å². The first-order chi connectivity index (χ1) is 9.65. The molecule has 1 aliphatic rings. The molecule has 0 radical (unpaired) electrons. The van der Waals surface area contributed by atoms with E-state index in [1.165, 1.54) is 6.42 Å². The van der Waals surface area contributed by atoms with E-state index < -0.39 is 0 Å². The molecule has 2 N–H and O–H groups in total. The van der Waals surface area contributed by atoms with E-state index in [2.05, 4.69) is 24.1 Å². The molecule has 1 amide bonds. The second-order valence-corrected chi connectivity index (χ2v) is 6.52. The van der Waals surface area contributed by atoms with Gasteiger partial charge in [-0.05, 0) is 24.3 Å². The lowest BCUT2D eigenvalue weighted by Crippen LogP contribution is -2.39. The maximum absolute atomic E-state index is 12.4. The highest BCUT2D eigenvalue weighted by molar-refractivity contribution is 7.10. The van der Waals surface area contributed by atoms with Crippen LogP contribution in [0.2, 0.25) is 0 Å². The molecule has 0 unspecified atom stereocenters. The van der Waals surface area contributed by atoms with Crippen LogP contribution in [0.5, 0.6) is 0 Å². The Labute approximate surface area is 124 Å². The number of aliphatic hydroxyl groups is 1. The van der Waals surface area contributed by atoms with E-state index in [0.29, 0.717) is 6.54 Å². The van der Waals surface area contributed by atoms with Gasteiger partial charge in [0.05, 0.1) is 6.54 Å². The van der Waals surface area contributed by atoms with Crippen molar-refractivity contribution in [3.05, 3.63) is 21.9 Å². The molecule has 0 saturated heterocycles. The van der Waals surface area contributed by atoms with Gasteiger partial charge in [0, 0.05) is 15.9 Å². The van der Waals surface area contributed by atoms with Crippen LogP contribution >= 0.6 is 11.3 Å². The normalized spacial score (nSPS) is 17.1. The second-order valence-electron chi connectivity index (χ2n) is 5.52. The van der Waals surface area contributed by atoms with E-state index in [9.17, 15) is 4.79 Å². The van der Waals surface area contributed by atoms with Crippen molar-refractivity contribution in [3.63, 3.8) is 0 Å². The molecule has 1 heterocycles. The summed E-state index contributed by atoms with van der Waals surface area (Å²) in [6, 6.07) is 1.93. The SMILES string of the molecule is CC1(C(=O)NCc2sccc2C#CCO)CCCCC1. The van der Waals surface area contributed by atoms with Crippen molar-refractivity contribution in [1.82, 2.24) is 5.32 Å². The molecule has 0 spiro atoms. The van der Waals surface area contributed by atoms with Gasteiger partial charge in [-0.1, -0.05) is 38.0 Å². The summed E-state index contributed by atoms with van der Waals surface area (Å²) in [7, 11) is 0. The van der Waals surface area contributed by atoms with Crippen LogP contribution in [-0.4, -0.2) is 17.6 Å². The Bertz CT molecular complexity index is 518. The summed E-state index contributed by atoms with van der Waals surface area (Å²) >= 11 is 1.59. The Kier molecular flexibility index (Phi) is 5.22. The van der Waals surface area contributed by atoms with Crippen LogP contribution in [0.25, 0.3) is 0 Å². The number of amides is 1. The van der Waals surface area contributed by atoms with Gasteiger partial charge in [-0.3, -0.25) is 4.79 Å². The summed E-state index contributed by atoms with van der Waals surface area (Å²) in [5, 5.41) is 13.8. The number of carbonyl (C=O) groups excluding carboxylic acids is 1. The summed E-state index contributed by atoms with van der Waals surface area (Å²) < 4.78 is 0. The van der Waals surface area contributed by atoms with Gasteiger partial charge in [-0.25, -0.2) is 0 Å². The zero-order valence-electron chi connectivity index (χ0n) is 11.9. The monoisotopic (exact) mass is 291 g/mol. The third-order valence-corrected chi connectivity index (χ3v) is 4.88. The molecule has 2 rings (SSSR count). The molecule has 20 heavy (non-hydrogen) atoms. The van der Waals surface area contributed by atoms with Crippen LogP contribution in [0.3, 0.4) is 0 Å². The lowest BCUT2D eigenvalue weighted by Gasteiger charge is -2.31. The van der Waals surface area contributed by atoms with Gasteiger partial charge < -0.3 is 10.4 Å². The van der Waals surface area contributed by atoms with E-state index >= 15 is 0 Å². The molecule has 1 aliphatic carbocycles. The number of rotatable bonds is 3. The fraction of sp³-hybridized carbons (Fsp3) is 0.562. The van der Waals surface area contributed by atoms with Crippen LogP contribution in [0.15, 0.2) is 11.4 Å². The van der Waals surface area contributed by atoms with E-state index in [1.807, 2.05) is 11.4 Å². The number of aliphatic hydroxyl groups excluding tert-OH is 1. The standard InChI is InChI=1S/C16H21NO2S/c1-16(8-3-2-4-9-16)15(19)17-12-14-13(6-5-10-18)7-11-20-14/h7,11,18H,2-4,8-10,12H2,1H3,(H,17,19). The number of nitrogens with one attached hydrogen (secondary N) is 1. The predicted octanol–water partition coefficient (Wildman–Crippen LogP) is 2.68. The highest BCUT2D eigenvalue weighted by Gasteiger charge is 2.34. The number of thiophene rings is 1. The van der Waals surface area contributed by atoms with Crippen LogP contribution in [-0.2, 0) is 11.3 Å². The molecular formula is C16H21NO2S. The summed E-state index contributed by atoms with van der Waals surface area (Å²) in [6.45, 7) is 2.46. The lowest BCUT2D eigenvalue weighted by atomic mass is 9.75. The minimum absolute atomic E-state index is 0.139. The van der Waals surface area contributed by atoms with Gasteiger partial charge in [-0.15, -0.1) is 11.3 Å². The molecule has 0 aromatic carbocycles. The summed E-state index contributed by atoms with van der Waals surface area (Å²) in [4.78, 5) is 13.4. The summed E-state index contributed by atoms with van der Waals surface area (Å²) in [6.07, 6.45) is 5.52. The van der Waals surface area contributed by atoms with Crippen LogP contribution in [0.4, 0.5) is 0 Å². The average molecular weight is 291 g/mol. The maximum Gasteiger partial charge on any atom is 0.226 e. The molecule has 4 heteroatoms. The third-order valence-electron chi connectivity index (χ3n) is 3.96. The minimum atomic E-state index is -0.202. The quantitative estimate of drug-likeness (QED) is 0.841. The first-order valence-corrected chi connectivity index (χ1v) is 7.98. The average Bonchev–Trinajstić information content (AvgIpc) is 2.90. The van der Waals surface area contributed by atoms with Crippen molar-refractivity contribution in [2.75, 3.05) is 6.61 Å². The fourth-order valence-electron chi connectivity index (χ4n) is 2.66. The molecule has 0 aliphatic heterocycles. The topological polar surface area (TPSA) is 49.3 Å². The highest BCUT2D eigenvalue weighted by atomic mass is 32.1. The molecule has 0 bridgehead atoms. The summed E-state index contributed by atoms with van der Waals surface area (Å²) in [5.41, 5.74) is 0.699. The van der Waals surface area contributed by atoms with Crippen molar-refractivity contribution >= 4 is 17.2 Å². The molecule has 3 nitrogen and oxygen atoms in total. The van der Waals surface area contributed by atoms with Gasteiger partial charge in [0.25, 0.3) is 0 Å². The molecular weight excluding hydrogens is 270 g/mol. The number of hydrogen-bond donors (Lipinski definition) is 2. The fourth-order valence-corrected chi connectivity index (χ4v) is 3.43. The Morgan fingerprint density at radius 1 is 1.45 bits per heavy atom. The zero-order valence-corrected chi connectivity index (χ0v) is 12.7. The maximum atomic E-state index is 12.4. The molecule has 0 atom stereocenters. The first kappa shape index (κ1) is 15.1. The largest absolute Gasteiger partial charge is 0.384 e. The van der Waals surface area contributed by atoms with Crippen molar-refractivity contribution in [2.45, 2.75) is 45.6 Å². The van der Waals surface area contributed by atoms with Crippen LogP contribution < -0.4 is 5.32 Å². The molecule has 1 aromatic rings. The smallest absolute Gasteiger partial charge is 0.226 e. The Balaban J connectivity index is 1.95. The zero-order chi connectivity index (χ0) is 14.4. The van der Waals surface area contributed by atoms with Gasteiger partial charge in [0.15, 0.2) is 0 Å². The third kappa shape index (κ3) is 3.62. The van der Waals surface area contributed by atoms with Gasteiger partial charge >= 0.3 is 0 Å². The van der Waals surface area contributed by atoms with Crippen molar-refractivity contribution in [2.24, 2.45) is 5.41 Å². The van der Waals surface area contributed by atoms with Crippen molar-refractivity contribution < 1.29 is 9.90 Å². The molecule has 108 valence electrons. The van der Waals surface area contributed by atoms with Gasteiger partial charge in [-0.2, -0.15) is 0 Å². The second kappa shape index (κ2) is 6.92. The van der Waals surface area contributed by atoms with Crippen LogP contribution in [0.1, 0.15) is 49.5 Å². The first-order valence-electron chi connectivity index (χ1n) is 7.10. The van der Waals surface area contributed by atoms with Gasteiger partial charge in [0.1, 0.15) is 6.61 Å². The van der Waals surface area contributed by atoms with E-state index in [4.69, 9.17) is 5.11 Å². The molecule has 1 fully saturated rings. The Hall–Kier alpha value is -1.31. The summed E-state index contributed by atoms with van der Waals surface area (Å²) in [5.74, 6) is 5.72.